The van der Waals surface area contributed by atoms with E-state index >= 15 is 0 Å². The maximum Gasteiger partial charge on any atom is 0.334 e. The van der Waals surface area contributed by atoms with E-state index in [2.05, 4.69) is 5.32 Å². The summed E-state index contributed by atoms with van der Waals surface area (Å²) < 4.78 is 0. The van der Waals surface area contributed by atoms with Crippen molar-refractivity contribution in [3.05, 3.63) is 29.3 Å². The van der Waals surface area contributed by atoms with E-state index in [1.807, 2.05) is 39.0 Å². The van der Waals surface area contributed by atoms with Crippen LogP contribution in [0.2, 0.25) is 0 Å². The van der Waals surface area contributed by atoms with Gasteiger partial charge in [0.15, 0.2) is 0 Å². The molecule has 1 fully saturated rings. The first-order valence-electron chi connectivity index (χ1n) is 7.84. The highest BCUT2D eigenvalue weighted by atomic mass is 16.2. The Kier molecular flexibility index (Phi) is 5.02. The van der Waals surface area contributed by atoms with Crippen LogP contribution in [0.15, 0.2) is 18.2 Å². The predicted octanol–water partition coefficient (Wildman–Crippen LogP) is 1.87. The van der Waals surface area contributed by atoms with Gasteiger partial charge in [-0.2, -0.15) is 0 Å². The molecular formula is C17H21N3O4. The topological polar surface area (TPSA) is 86.8 Å². The zero-order chi connectivity index (χ0) is 18.0. The van der Waals surface area contributed by atoms with Crippen LogP contribution in [0.5, 0.6) is 0 Å². The number of nitrogens with one attached hydrogen (secondary N) is 1. The fourth-order valence-electron chi connectivity index (χ4n) is 2.63. The van der Waals surface area contributed by atoms with Crippen molar-refractivity contribution in [1.82, 2.24) is 9.80 Å². The molecule has 0 aromatic heterocycles. The van der Waals surface area contributed by atoms with Crippen LogP contribution in [0.3, 0.4) is 0 Å². The quantitative estimate of drug-likeness (QED) is 0.659. The Hall–Kier alpha value is -2.70. The maximum atomic E-state index is 12.3. The lowest BCUT2D eigenvalue weighted by molar-refractivity contribution is -0.143. The van der Waals surface area contributed by atoms with Crippen LogP contribution in [-0.2, 0) is 14.4 Å². The summed E-state index contributed by atoms with van der Waals surface area (Å²) >= 11 is 0. The summed E-state index contributed by atoms with van der Waals surface area (Å²) in [5, 5.41) is 2.76. The van der Waals surface area contributed by atoms with Crippen molar-refractivity contribution in [2.75, 3.05) is 18.4 Å². The van der Waals surface area contributed by atoms with Crippen molar-refractivity contribution in [1.29, 1.82) is 0 Å². The van der Waals surface area contributed by atoms with E-state index in [0.29, 0.717) is 10.6 Å². The number of carbonyl (C=O) groups is 4. The van der Waals surface area contributed by atoms with E-state index < -0.39 is 30.3 Å². The summed E-state index contributed by atoms with van der Waals surface area (Å²) in [5.74, 6) is -2.18. The summed E-state index contributed by atoms with van der Waals surface area (Å²) in [7, 11) is 0. The highest BCUT2D eigenvalue weighted by Gasteiger charge is 2.44. The number of imide groups is 2. The Morgan fingerprint density at radius 2 is 1.75 bits per heavy atom. The molecule has 5 amide bonds. The number of urea groups is 1. The molecule has 7 heteroatoms. The van der Waals surface area contributed by atoms with Gasteiger partial charge >= 0.3 is 17.8 Å². The number of hydrogen-bond acceptors (Lipinski definition) is 4. The van der Waals surface area contributed by atoms with E-state index in [-0.39, 0.29) is 12.5 Å². The Morgan fingerprint density at radius 1 is 1.12 bits per heavy atom. The van der Waals surface area contributed by atoms with Gasteiger partial charge in [0.25, 0.3) is 0 Å². The van der Waals surface area contributed by atoms with Gasteiger partial charge in [-0.25, -0.2) is 9.69 Å². The molecule has 1 aliphatic rings. The lowest BCUT2D eigenvalue weighted by Gasteiger charge is -2.18. The molecule has 0 unspecified atom stereocenters. The fraction of sp³-hybridized carbons (Fsp3) is 0.412. The second-order valence-electron chi connectivity index (χ2n) is 5.97. The number of para-hydroxylation sites is 1. The van der Waals surface area contributed by atoms with Crippen LogP contribution in [0.1, 0.15) is 37.8 Å². The lowest BCUT2D eigenvalue weighted by Crippen LogP contribution is -2.39. The molecule has 1 aromatic rings. The van der Waals surface area contributed by atoms with Gasteiger partial charge in [-0.1, -0.05) is 32.0 Å². The highest BCUT2D eigenvalue weighted by Crippen LogP contribution is 2.27. The molecule has 0 bridgehead atoms. The summed E-state index contributed by atoms with van der Waals surface area (Å²) in [6.07, 6.45) is 0. The fourth-order valence-corrected chi connectivity index (χ4v) is 2.63. The highest BCUT2D eigenvalue weighted by molar-refractivity contribution is 6.45. The van der Waals surface area contributed by atoms with E-state index in [1.165, 1.54) is 0 Å². The molecule has 128 valence electrons. The summed E-state index contributed by atoms with van der Waals surface area (Å²) in [6, 6.07) is 4.94. The molecule has 1 aliphatic heterocycles. The first-order chi connectivity index (χ1) is 11.3. The molecule has 0 saturated carbocycles. The summed E-state index contributed by atoms with van der Waals surface area (Å²) in [4.78, 5) is 49.3. The van der Waals surface area contributed by atoms with Crippen molar-refractivity contribution in [3.63, 3.8) is 0 Å². The zero-order valence-electron chi connectivity index (χ0n) is 14.3. The molecule has 0 spiro atoms. The number of likely N-dealkylation sites (N-methyl/N-ethyl adjacent to an activating group) is 1. The van der Waals surface area contributed by atoms with Gasteiger partial charge < -0.3 is 5.32 Å². The van der Waals surface area contributed by atoms with Gasteiger partial charge in [-0.3, -0.25) is 19.3 Å². The first-order valence-corrected chi connectivity index (χ1v) is 7.84. The average molecular weight is 331 g/mol. The minimum Gasteiger partial charge on any atom is -0.324 e. The third-order valence-electron chi connectivity index (χ3n) is 3.94. The van der Waals surface area contributed by atoms with E-state index in [9.17, 15) is 19.2 Å². The number of aryl methyl sites for hydroxylation is 1. The molecule has 1 heterocycles. The van der Waals surface area contributed by atoms with E-state index in [4.69, 9.17) is 0 Å². The minimum atomic E-state index is -0.967. The molecule has 0 radical (unpaired) electrons. The number of carbonyl (C=O) groups excluding carboxylic acids is 4. The SMILES string of the molecule is CCN1C(=O)C(=O)N(CC(=O)Nc2c(C)cccc2C(C)C)C1=O. The zero-order valence-corrected chi connectivity index (χ0v) is 14.3. The number of rotatable bonds is 5. The number of anilines is 1. The average Bonchev–Trinajstić information content (AvgIpc) is 2.72. The lowest BCUT2D eigenvalue weighted by atomic mass is 9.98. The second kappa shape index (κ2) is 6.82. The number of hydrogen-bond donors (Lipinski definition) is 1. The monoisotopic (exact) mass is 331 g/mol. The van der Waals surface area contributed by atoms with Crippen molar-refractivity contribution in [2.45, 2.75) is 33.6 Å². The third-order valence-corrected chi connectivity index (χ3v) is 3.94. The largest absolute Gasteiger partial charge is 0.334 e. The molecule has 24 heavy (non-hydrogen) atoms. The van der Waals surface area contributed by atoms with Crippen LogP contribution >= 0.6 is 0 Å². The summed E-state index contributed by atoms with van der Waals surface area (Å²) in [6.45, 7) is 7.10. The van der Waals surface area contributed by atoms with Crippen molar-refractivity contribution >= 4 is 29.4 Å². The summed E-state index contributed by atoms with van der Waals surface area (Å²) in [5.41, 5.74) is 2.53. The Balaban J connectivity index is 2.17. The second-order valence-corrected chi connectivity index (χ2v) is 5.97. The number of nitrogens with zero attached hydrogens (tertiary/aromatic N) is 2. The Labute approximate surface area is 140 Å². The maximum absolute atomic E-state index is 12.3. The minimum absolute atomic E-state index is 0.0941. The van der Waals surface area contributed by atoms with Crippen LogP contribution in [-0.4, -0.2) is 46.6 Å². The van der Waals surface area contributed by atoms with Crippen LogP contribution in [0.4, 0.5) is 10.5 Å². The van der Waals surface area contributed by atoms with Crippen LogP contribution < -0.4 is 5.32 Å². The molecule has 1 N–H and O–H groups in total. The Morgan fingerprint density at radius 3 is 2.29 bits per heavy atom. The molecule has 0 atom stereocenters. The van der Waals surface area contributed by atoms with Gasteiger partial charge in [-0.15, -0.1) is 0 Å². The van der Waals surface area contributed by atoms with Crippen LogP contribution in [0.25, 0.3) is 0 Å². The van der Waals surface area contributed by atoms with E-state index in [1.54, 1.807) is 6.92 Å². The molecule has 1 aromatic carbocycles. The smallest absolute Gasteiger partial charge is 0.324 e. The van der Waals surface area contributed by atoms with E-state index in [0.717, 1.165) is 16.0 Å². The third kappa shape index (κ3) is 3.15. The number of amides is 5. The van der Waals surface area contributed by atoms with Gasteiger partial charge in [0.2, 0.25) is 5.91 Å². The van der Waals surface area contributed by atoms with Crippen molar-refractivity contribution < 1.29 is 19.2 Å². The number of benzene rings is 1. The standard InChI is InChI=1S/C17H21N3O4/c1-5-19-15(22)16(23)20(17(19)24)9-13(21)18-14-11(4)7-6-8-12(14)10(2)3/h6-8,10H,5,9H2,1-4H3,(H,18,21). The van der Waals surface area contributed by atoms with Gasteiger partial charge in [-0.05, 0) is 30.9 Å². The molecular weight excluding hydrogens is 310 g/mol. The normalized spacial score (nSPS) is 14.8. The van der Waals surface area contributed by atoms with Gasteiger partial charge in [0, 0.05) is 12.2 Å². The Bertz CT molecular complexity index is 712. The predicted molar refractivity (Wildman–Crippen MR) is 88.4 cm³/mol. The van der Waals surface area contributed by atoms with Crippen molar-refractivity contribution in [2.24, 2.45) is 0 Å². The molecule has 7 nitrogen and oxygen atoms in total. The first kappa shape index (κ1) is 17.7. The molecule has 2 rings (SSSR count). The molecule has 1 saturated heterocycles. The van der Waals surface area contributed by atoms with Gasteiger partial charge in [0.1, 0.15) is 6.54 Å². The van der Waals surface area contributed by atoms with Gasteiger partial charge in [0.05, 0.1) is 0 Å². The molecule has 0 aliphatic carbocycles. The van der Waals surface area contributed by atoms with Crippen LogP contribution in [0, 0.1) is 6.92 Å². The van der Waals surface area contributed by atoms with Crippen molar-refractivity contribution in [3.8, 4) is 0 Å².